The summed E-state index contributed by atoms with van der Waals surface area (Å²) in [6, 6.07) is 6.61. The Balaban J connectivity index is 2.49. The van der Waals surface area contributed by atoms with Gasteiger partial charge in [-0.25, -0.2) is 4.79 Å². The van der Waals surface area contributed by atoms with Crippen molar-refractivity contribution >= 4 is 5.97 Å². The van der Waals surface area contributed by atoms with Crippen molar-refractivity contribution in [1.29, 1.82) is 5.26 Å². The third-order valence-corrected chi connectivity index (χ3v) is 2.31. The Hall–Kier alpha value is -2.06. The average Bonchev–Trinajstić information content (AvgIpc) is 2.35. The van der Waals surface area contributed by atoms with Crippen LogP contribution in [0.1, 0.15) is 22.8 Å². The van der Waals surface area contributed by atoms with Gasteiger partial charge in [0, 0.05) is 0 Å². The van der Waals surface area contributed by atoms with Gasteiger partial charge in [0.25, 0.3) is 0 Å². The maximum atomic E-state index is 10.7. The number of benzene rings is 1. The normalized spacial score (nSPS) is 11.6. The van der Waals surface area contributed by atoms with Crippen LogP contribution in [0.15, 0.2) is 18.2 Å². The molecule has 1 aromatic rings. The molecule has 1 unspecified atom stereocenters. The van der Waals surface area contributed by atoms with E-state index in [4.69, 9.17) is 19.8 Å². The molecule has 0 heterocycles. The zero-order valence-corrected chi connectivity index (χ0v) is 10.3. The highest BCUT2D eigenvalue weighted by molar-refractivity contribution is 5.88. The lowest BCUT2D eigenvalue weighted by Gasteiger charge is -2.10. The Morgan fingerprint density at radius 1 is 1.50 bits per heavy atom. The van der Waals surface area contributed by atoms with Gasteiger partial charge in [0.15, 0.2) is 0 Å². The van der Waals surface area contributed by atoms with Crippen LogP contribution in [0.5, 0.6) is 5.75 Å². The number of aromatic carboxylic acids is 1. The van der Waals surface area contributed by atoms with E-state index in [2.05, 4.69) is 0 Å². The van der Waals surface area contributed by atoms with E-state index in [9.17, 15) is 4.79 Å². The molecule has 1 rings (SSSR count). The van der Waals surface area contributed by atoms with Crippen molar-refractivity contribution in [1.82, 2.24) is 0 Å². The van der Waals surface area contributed by atoms with Crippen molar-refractivity contribution in [2.75, 3.05) is 13.2 Å². The zero-order chi connectivity index (χ0) is 13.5. The second-order valence-electron chi connectivity index (χ2n) is 3.78. The van der Waals surface area contributed by atoms with Crippen molar-refractivity contribution in [3.05, 3.63) is 29.3 Å². The van der Waals surface area contributed by atoms with Gasteiger partial charge in [-0.2, -0.15) is 5.26 Å². The fraction of sp³-hybridized carbons (Fsp3) is 0.385. The highest BCUT2D eigenvalue weighted by atomic mass is 16.5. The molecule has 0 amide bonds. The van der Waals surface area contributed by atoms with Crippen LogP contribution in [-0.2, 0) is 4.74 Å². The van der Waals surface area contributed by atoms with Crippen LogP contribution in [0, 0.1) is 18.3 Å². The summed E-state index contributed by atoms with van der Waals surface area (Å²) >= 11 is 0. The summed E-state index contributed by atoms with van der Waals surface area (Å²) in [5.41, 5.74) is 0.984. The minimum atomic E-state index is -0.962. The van der Waals surface area contributed by atoms with E-state index in [1.807, 2.05) is 6.07 Å². The summed E-state index contributed by atoms with van der Waals surface area (Å²) in [7, 11) is 0. The van der Waals surface area contributed by atoms with E-state index in [-0.39, 0.29) is 5.56 Å². The van der Waals surface area contributed by atoms with Crippen LogP contribution in [0.3, 0.4) is 0 Å². The molecular weight excluding hydrogens is 234 g/mol. The van der Waals surface area contributed by atoms with E-state index in [1.165, 1.54) is 6.07 Å². The zero-order valence-electron chi connectivity index (χ0n) is 10.3. The number of carboxylic acid groups (broad SMARTS) is 1. The first kappa shape index (κ1) is 14.0. The van der Waals surface area contributed by atoms with Crippen LogP contribution in [-0.4, -0.2) is 30.4 Å². The second-order valence-corrected chi connectivity index (χ2v) is 3.78. The SMILES string of the molecule is Cc1cc(C(=O)O)ccc1OCCOC(C)C#N. The first-order chi connectivity index (χ1) is 8.54. The molecule has 5 heteroatoms. The first-order valence-electron chi connectivity index (χ1n) is 5.52. The van der Waals surface area contributed by atoms with Crippen LogP contribution >= 0.6 is 0 Å². The quantitative estimate of drug-likeness (QED) is 0.780. The van der Waals surface area contributed by atoms with Gasteiger partial charge < -0.3 is 14.6 Å². The van der Waals surface area contributed by atoms with Gasteiger partial charge in [-0.3, -0.25) is 0 Å². The third kappa shape index (κ3) is 4.07. The summed E-state index contributed by atoms with van der Waals surface area (Å²) in [4.78, 5) is 10.7. The molecule has 0 aliphatic heterocycles. The molecule has 0 saturated carbocycles. The maximum absolute atomic E-state index is 10.7. The summed E-state index contributed by atoms with van der Waals surface area (Å²) in [5, 5.41) is 17.3. The van der Waals surface area contributed by atoms with Crippen molar-refractivity contribution < 1.29 is 19.4 Å². The Morgan fingerprint density at radius 3 is 2.78 bits per heavy atom. The number of ether oxygens (including phenoxy) is 2. The molecule has 0 radical (unpaired) electrons. The Morgan fingerprint density at radius 2 is 2.22 bits per heavy atom. The molecule has 96 valence electrons. The minimum Gasteiger partial charge on any atom is -0.491 e. The van der Waals surface area contributed by atoms with E-state index in [0.717, 1.165) is 5.56 Å². The Bertz CT molecular complexity index is 465. The summed E-state index contributed by atoms with van der Waals surface area (Å²) in [6.45, 7) is 4.07. The minimum absolute atomic E-state index is 0.231. The molecule has 0 aliphatic rings. The molecule has 1 N–H and O–H groups in total. The number of hydrogen-bond donors (Lipinski definition) is 1. The van der Waals surface area contributed by atoms with Gasteiger partial charge in [-0.05, 0) is 37.6 Å². The van der Waals surface area contributed by atoms with Gasteiger partial charge in [0.05, 0.1) is 18.2 Å². The van der Waals surface area contributed by atoms with Crippen LogP contribution in [0.4, 0.5) is 0 Å². The van der Waals surface area contributed by atoms with E-state index >= 15 is 0 Å². The Kier molecular flexibility index (Phi) is 5.15. The number of carbonyl (C=O) groups is 1. The van der Waals surface area contributed by atoms with Gasteiger partial charge >= 0.3 is 5.97 Å². The number of nitrogens with zero attached hydrogens (tertiary/aromatic N) is 1. The molecular formula is C13H15NO4. The lowest BCUT2D eigenvalue weighted by Crippen LogP contribution is -2.13. The summed E-state index contributed by atoms with van der Waals surface area (Å²) in [6.07, 6.45) is -0.455. The summed E-state index contributed by atoms with van der Waals surface area (Å²) in [5.74, 6) is -0.343. The van der Waals surface area contributed by atoms with Crippen molar-refractivity contribution in [2.24, 2.45) is 0 Å². The molecule has 1 aromatic carbocycles. The predicted octanol–water partition coefficient (Wildman–Crippen LogP) is 2.00. The molecule has 0 aliphatic carbocycles. The molecule has 0 aromatic heterocycles. The fourth-order valence-corrected chi connectivity index (χ4v) is 1.36. The van der Waals surface area contributed by atoms with Crippen molar-refractivity contribution in [3.63, 3.8) is 0 Å². The van der Waals surface area contributed by atoms with Crippen LogP contribution < -0.4 is 4.74 Å². The fourth-order valence-electron chi connectivity index (χ4n) is 1.36. The molecule has 5 nitrogen and oxygen atoms in total. The standard InChI is InChI=1S/C13H15NO4/c1-9-7-11(13(15)16)3-4-12(9)18-6-5-17-10(2)8-14/h3-4,7,10H,5-6H2,1-2H3,(H,15,16). The molecule has 0 bridgehead atoms. The van der Waals surface area contributed by atoms with E-state index < -0.39 is 12.1 Å². The number of carboxylic acids is 1. The van der Waals surface area contributed by atoms with Gasteiger partial charge in [0.1, 0.15) is 18.5 Å². The highest BCUT2D eigenvalue weighted by Crippen LogP contribution is 2.19. The number of nitriles is 1. The first-order valence-corrected chi connectivity index (χ1v) is 5.52. The lowest BCUT2D eigenvalue weighted by atomic mass is 10.1. The maximum Gasteiger partial charge on any atom is 0.335 e. The second kappa shape index (κ2) is 6.62. The van der Waals surface area contributed by atoms with Crippen molar-refractivity contribution in [3.8, 4) is 11.8 Å². The highest BCUT2D eigenvalue weighted by Gasteiger charge is 2.06. The third-order valence-electron chi connectivity index (χ3n) is 2.31. The lowest BCUT2D eigenvalue weighted by molar-refractivity contribution is 0.0695. The molecule has 0 spiro atoms. The number of rotatable bonds is 6. The number of aryl methyl sites for hydroxylation is 1. The molecule has 1 atom stereocenters. The monoisotopic (exact) mass is 249 g/mol. The Labute approximate surface area is 106 Å². The van der Waals surface area contributed by atoms with Gasteiger partial charge in [-0.15, -0.1) is 0 Å². The van der Waals surface area contributed by atoms with E-state index in [0.29, 0.717) is 19.0 Å². The van der Waals surface area contributed by atoms with E-state index in [1.54, 1.807) is 26.0 Å². The topological polar surface area (TPSA) is 79.6 Å². The van der Waals surface area contributed by atoms with Gasteiger partial charge in [0.2, 0.25) is 0 Å². The average molecular weight is 249 g/mol. The van der Waals surface area contributed by atoms with Crippen LogP contribution in [0.2, 0.25) is 0 Å². The number of hydrogen-bond acceptors (Lipinski definition) is 4. The van der Waals surface area contributed by atoms with Crippen molar-refractivity contribution in [2.45, 2.75) is 20.0 Å². The molecule has 18 heavy (non-hydrogen) atoms. The molecule has 0 fully saturated rings. The smallest absolute Gasteiger partial charge is 0.335 e. The van der Waals surface area contributed by atoms with Crippen LogP contribution in [0.25, 0.3) is 0 Å². The largest absolute Gasteiger partial charge is 0.491 e. The predicted molar refractivity (Wildman–Crippen MR) is 64.7 cm³/mol. The summed E-state index contributed by atoms with van der Waals surface area (Å²) < 4.78 is 10.6. The van der Waals surface area contributed by atoms with Gasteiger partial charge in [-0.1, -0.05) is 0 Å². The molecule has 0 saturated heterocycles.